The number of benzene rings is 2. The van der Waals surface area contributed by atoms with Crippen molar-refractivity contribution in [3.05, 3.63) is 75.4 Å². The van der Waals surface area contributed by atoms with Gasteiger partial charge in [-0.3, -0.25) is 13.9 Å². The van der Waals surface area contributed by atoms with Gasteiger partial charge in [-0.15, -0.1) is 0 Å². The van der Waals surface area contributed by atoms with Crippen molar-refractivity contribution in [3.8, 4) is 5.88 Å². The van der Waals surface area contributed by atoms with E-state index in [1.54, 1.807) is 23.1 Å². The lowest BCUT2D eigenvalue weighted by atomic mass is 10.2. The highest BCUT2D eigenvalue weighted by Crippen LogP contribution is 2.38. The van der Waals surface area contributed by atoms with Gasteiger partial charge in [-0.2, -0.15) is 0 Å². The lowest BCUT2D eigenvalue weighted by Crippen LogP contribution is -2.45. The molecule has 2 aliphatic heterocycles. The van der Waals surface area contributed by atoms with Gasteiger partial charge in [0.1, 0.15) is 11.8 Å². The third-order valence-electron chi connectivity index (χ3n) is 6.47. The number of likely N-dealkylation sites (tertiary alicyclic amines) is 1. The molecule has 39 heavy (non-hydrogen) atoms. The van der Waals surface area contributed by atoms with Gasteiger partial charge in [0, 0.05) is 31.0 Å². The Bertz CT molecular complexity index is 1530. The number of hydrogen-bond donors (Lipinski definition) is 1. The number of amides is 2. The van der Waals surface area contributed by atoms with Crippen molar-refractivity contribution in [1.29, 1.82) is 0 Å². The highest BCUT2D eigenvalue weighted by molar-refractivity contribution is 7.92. The van der Waals surface area contributed by atoms with Gasteiger partial charge in [-0.1, -0.05) is 46.9 Å². The molecule has 0 saturated carbocycles. The minimum absolute atomic E-state index is 0.00592. The van der Waals surface area contributed by atoms with Crippen molar-refractivity contribution in [2.75, 3.05) is 29.3 Å². The van der Waals surface area contributed by atoms with E-state index < -0.39 is 22.0 Å². The number of carbonyl (C=O) groups is 2. The molecule has 1 atom stereocenters. The number of nitrogens with one attached hydrogen (secondary N) is 1. The maximum atomic E-state index is 13.8. The number of rotatable bonds is 7. The smallest absolute Gasteiger partial charge is 0.264 e. The van der Waals surface area contributed by atoms with Crippen molar-refractivity contribution in [2.45, 2.75) is 30.3 Å². The molecule has 3 heterocycles. The van der Waals surface area contributed by atoms with Crippen molar-refractivity contribution in [3.63, 3.8) is 0 Å². The van der Waals surface area contributed by atoms with Crippen molar-refractivity contribution < 1.29 is 22.7 Å². The Kier molecular flexibility index (Phi) is 7.91. The number of aromatic nitrogens is 1. The zero-order valence-electron chi connectivity index (χ0n) is 20.4. The summed E-state index contributed by atoms with van der Waals surface area (Å²) in [5.41, 5.74) is 0.437. The molecular weight excluding hydrogens is 587 g/mol. The number of halogens is 3. The largest absolute Gasteiger partial charge is 0.471 e. The Hall–Kier alpha value is -3.05. The van der Waals surface area contributed by atoms with E-state index in [1.165, 1.54) is 40.8 Å². The topological polar surface area (TPSA) is 109 Å². The Balaban J connectivity index is 1.47. The second kappa shape index (κ2) is 11.2. The molecule has 0 aliphatic carbocycles. The van der Waals surface area contributed by atoms with E-state index >= 15 is 0 Å². The zero-order valence-corrected chi connectivity index (χ0v) is 23.5. The number of sulfonamides is 1. The SMILES string of the molecule is O=C(Nc1cnc2c(c1)N(S(=O)(=O)c1cccc(Cl)c1)C[C@H](CCN1CCCC1=O)O2)c1c(Cl)cccc1Cl. The van der Waals surface area contributed by atoms with Crippen molar-refractivity contribution in [2.24, 2.45) is 0 Å². The number of hydrogen-bond acceptors (Lipinski definition) is 6. The highest BCUT2D eigenvalue weighted by Gasteiger charge is 2.36. The summed E-state index contributed by atoms with van der Waals surface area (Å²) in [6.07, 6.45) is 2.53. The second-order valence-corrected chi connectivity index (χ2v) is 12.2. The molecule has 9 nitrogen and oxygen atoms in total. The Morgan fingerprint density at radius 3 is 2.54 bits per heavy atom. The van der Waals surface area contributed by atoms with Crippen LogP contribution in [0.2, 0.25) is 15.1 Å². The highest BCUT2D eigenvalue weighted by atomic mass is 35.5. The van der Waals surface area contributed by atoms with Crippen LogP contribution in [-0.4, -0.2) is 55.9 Å². The van der Waals surface area contributed by atoms with Gasteiger partial charge < -0.3 is 15.0 Å². The monoisotopic (exact) mass is 608 g/mol. The fourth-order valence-corrected chi connectivity index (χ4v) is 6.90. The molecule has 13 heteroatoms. The van der Waals surface area contributed by atoms with Crippen LogP contribution >= 0.6 is 34.8 Å². The summed E-state index contributed by atoms with van der Waals surface area (Å²) in [6.45, 7) is 1.08. The lowest BCUT2D eigenvalue weighted by Gasteiger charge is -2.35. The van der Waals surface area contributed by atoms with E-state index in [-0.39, 0.29) is 55.2 Å². The van der Waals surface area contributed by atoms with E-state index in [0.717, 1.165) is 6.42 Å². The van der Waals surface area contributed by atoms with E-state index in [9.17, 15) is 18.0 Å². The minimum Gasteiger partial charge on any atom is -0.471 e. The maximum absolute atomic E-state index is 13.8. The number of fused-ring (bicyclic) bond motifs is 1. The fraction of sp³-hybridized carbons (Fsp3) is 0.269. The molecule has 1 fully saturated rings. The van der Waals surface area contributed by atoms with Gasteiger partial charge in [0.15, 0.2) is 0 Å². The van der Waals surface area contributed by atoms with Gasteiger partial charge in [0.05, 0.1) is 38.9 Å². The number of ether oxygens (including phenoxy) is 1. The van der Waals surface area contributed by atoms with Gasteiger partial charge >= 0.3 is 0 Å². The summed E-state index contributed by atoms with van der Waals surface area (Å²) in [4.78, 5) is 31.1. The number of pyridine rings is 1. The Morgan fingerprint density at radius 2 is 1.85 bits per heavy atom. The fourth-order valence-electron chi connectivity index (χ4n) is 4.54. The molecule has 1 N–H and O–H groups in total. The molecule has 0 unspecified atom stereocenters. The Labute approximate surface area is 240 Å². The summed E-state index contributed by atoms with van der Waals surface area (Å²) in [7, 11) is -4.10. The van der Waals surface area contributed by atoms with Crippen molar-refractivity contribution >= 4 is 68.0 Å². The van der Waals surface area contributed by atoms with Crippen LogP contribution in [0.15, 0.2) is 59.6 Å². The van der Waals surface area contributed by atoms with Gasteiger partial charge in [0.25, 0.3) is 15.9 Å². The maximum Gasteiger partial charge on any atom is 0.264 e. The molecule has 2 amide bonds. The number of nitrogens with zero attached hydrogens (tertiary/aromatic N) is 3. The predicted molar refractivity (Wildman–Crippen MR) is 149 cm³/mol. The lowest BCUT2D eigenvalue weighted by molar-refractivity contribution is -0.127. The Morgan fingerprint density at radius 1 is 1.10 bits per heavy atom. The molecule has 3 aromatic rings. The average Bonchev–Trinajstić information content (AvgIpc) is 3.31. The molecular formula is C26H23Cl3N4O5S. The first kappa shape index (κ1) is 27.5. The van der Waals surface area contributed by atoms with Gasteiger partial charge in [-0.05, 0) is 42.8 Å². The molecule has 1 aromatic heterocycles. The van der Waals surface area contributed by atoms with E-state index in [2.05, 4.69) is 10.3 Å². The molecule has 2 aliphatic rings. The van der Waals surface area contributed by atoms with Crippen LogP contribution in [0.1, 0.15) is 29.6 Å². The second-order valence-electron chi connectivity index (χ2n) is 9.11. The van der Waals surface area contributed by atoms with Crippen LogP contribution in [0.3, 0.4) is 0 Å². The molecule has 0 spiro atoms. The first-order chi connectivity index (χ1) is 18.6. The molecule has 5 rings (SSSR count). The molecule has 0 radical (unpaired) electrons. The van der Waals surface area contributed by atoms with Gasteiger partial charge in [-0.25, -0.2) is 13.4 Å². The van der Waals surface area contributed by atoms with E-state index in [0.29, 0.717) is 25.9 Å². The third kappa shape index (κ3) is 5.79. The van der Waals surface area contributed by atoms with Crippen LogP contribution in [0.5, 0.6) is 5.88 Å². The van der Waals surface area contributed by atoms with Crippen LogP contribution in [0, 0.1) is 0 Å². The van der Waals surface area contributed by atoms with Crippen LogP contribution < -0.4 is 14.4 Å². The normalized spacial score (nSPS) is 17.1. The molecule has 204 valence electrons. The third-order valence-corrected chi connectivity index (χ3v) is 9.11. The van der Waals surface area contributed by atoms with Gasteiger partial charge in [0.2, 0.25) is 11.8 Å². The van der Waals surface area contributed by atoms with E-state index in [1.807, 2.05) is 0 Å². The zero-order chi connectivity index (χ0) is 27.7. The molecule has 0 bridgehead atoms. The first-order valence-electron chi connectivity index (χ1n) is 12.1. The summed E-state index contributed by atoms with van der Waals surface area (Å²) in [5, 5.41) is 3.28. The number of carbonyl (C=O) groups excluding carboxylic acids is 2. The summed E-state index contributed by atoms with van der Waals surface area (Å²) >= 11 is 18.4. The first-order valence-corrected chi connectivity index (χ1v) is 14.7. The summed E-state index contributed by atoms with van der Waals surface area (Å²) in [5.74, 6) is -0.424. The molecule has 2 aromatic carbocycles. The van der Waals surface area contributed by atoms with Crippen LogP contribution in [0.4, 0.5) is 11.4 Å². The summed E-state index contributed by atoms with van der Waals surface area (Å²) in [6, 6.07) is 12.1. The summed E-state index contributed by atoms with van der Waals surface area (Å²) < 4.78 is 34.9. The standard InChI is InChI=1S/C26H23Cl3N4O5S/c27-16-4-1-5-19(12-16)39(36,37)33-15-18(9-11-32-10-3-8-23(32)34)38-26-22(33)13-17(14-30-26)31-25(35)24-20(28)6-2-7-21(24)29/h1-2,4-7,12-14,18H,3,8-11,15H2,(H,31,35)/t18-/m0/s1. The van der Waals surface area contributed by atoms with Crippen molar-refractivity contribution in [1.82, 2.24) is 9.88 Å². The van der Waals surface area contributed by atoms with Crippen LogP contribution in [-0.2, 0) is 14.8 Å². The minimum atomic E-state index is -4.10. The number of anilines is 2. The average molecular weight is 610 g/mol. The van der Waals surface area contributed by atoms with E-state index in [4.69, 9.17) is 39.5 Å². The molecule has 1 saturated heterocycles. The quantitative estimate of drug-likeness (QED) is 0.391. The van der Waals surface area contributed by atoms with Crippen LogP contribution in [0.25, 0.3) is 0 Å². The predicted octanol–water partition coefficient (Wildman–Crippen LogP) is 5.26.